The molecule has 1 fully saturated rings. The Morgan fingerprint density at radius 1 is 1.17 bits per heavy atom. The molecule has 1 aromatic carbocycles. The van der Waals surface area contributed by atoms with Gasteiger partial charge in [-0.3, -0.25) is 9.69 Å². The Hall–Kier alpha value is -2.05. The van der Waals surface area contributed by atoms with Crippen LogP contribution in [-0.2, 0) is 4.79 Å². The fraction of sp³-hybridized carbons (Fsp3) is 0.333. The molecule has 126 valence electrons. The van der Waals surface area contributed by atoms with Gasteiger partial charge in [0.25, 0.3) is 0 Å². The van der Waals surface area contributed by atoms with E-state index in [1.54, 1.807) is 11.8 Å². The molecule has 0 saturated carbocycles. The summed E-state index contributed by atoms with van der Waals surface area (Å²) in [4.78, 5) is 22.2. The summed E-state index contributed by atoms with van der Waals surface area (Å²) in [5.41, 5.74) is 0.860. The molecule has 0 spiro atoms. The average molecular weight is 342 g/mol. The average Bonchev–Trinajstić information content (AvgIpc) is 2.63. The lowest BCUT2D eigenvalue weighted by molar-refractivity contribution is -0.117. The highest BCUT2D eigenvalue weighted by atomic mass is 32.2. The number of carbonyl (C=O) groups excluding carboxylic acids is 1. The first-order valence-electron chi connectivity index (χ1n) is 8.07. The Balaban J connectivity index is 1.48. The molecule has 1 aromatic heterocycles. The van der Waals surface area contributed by atoms with E-state index in [4.69, 9.17) is 0 Å². The minimum absolute atomic E-state index is 0.0412. The number of hydrogen-bond acceptors (Lipinski definition) is 5. The summed E-state index contributed by atoms with van der Waals surface area (Å²) >= 11 is 1.67. The molecular weight excluding hydrogens is 320 g/mol. The van der Waals surface area contributed by atoms with Crippen molar-refractivity contribution in [3.8, 4) is 0 Å². The number of nitrogens with zero attached hydrogens (tertiary/aromatic N) is 3. The van der Waals surface area contributed by atoms with E-state index in [-0.39, 0.29) is 5.91 Å². The molecule has 5 nitrogen and oxygen atoms in total. The summed E-state index contributed by atoms with van der Waals surface area (Å²) in [5.74, 6) is 1.05. The number of hydrogen-bond donors (Lipinski definition) is 1. The minimum atomic E-state index is 0.0412. The molecule has 1 aliphatic rings. The lowest BCUT2D eigenvalue weighted by Gasteiger charge is -2.34. The van der Waals surface area contributed by atoms with Gasteiger partial charge in [0.2, 0.25) is 5.91 Å². The van der Waals surface area contributed by atoms with E-state index in [0.717, 1.165) is 42.6 Å². The summed E-state index contributed by atoms with van der Waals surface area (Å²) in [6.07, 6.45) is 3.85. The largest absolute Gasteiger partial charge is 0.354 e. The van der Waals surface area contributed by atoms with Crippen LogP contribution in [0.2, 0.25) is 0 Å². The van der Waals surface area contributed by atoms with Crippen LogP contribution in [0.5, 0.6) is 0 Å². The molecule has 3 rings (SSSR count). The van der Waals surface area contributed by atoms with Gasteiger partial charge in [0.05, 0.1) is 6.54 Å². The van der Waals surface area contributed by atoms with Gasteiger partial charge in [0, 0.05) is 43.0 Å². The van der Waals surface area contributed by atoms with Gasteiger partial charge in [-0.25, -0.2) is 4.98 Å². The van der Waals surface area contributed by atoms with Crippen molar-refractivity contribution in [3.05, 3.63) is 48.7 Å². The van der Waals surface area contributed by atoms with Crippen molar-refractivity contribution >= 4 is 29.2 Å². The van der Waals surface area contributed by atoms with Crippen LogP contribution in [0.15, 0.2) is 53.6 Å². The van der Waals surface area contributed by atoms with Gasteiger partial charge >= 0.3 is 0 Å². The first kappa shape index (κ1) is 16.8. The van der Waals surface area contributed by atoms with Gasteiger partial charge < -0.3 is 10.2 Å². The summed E-state index contributed by atoms with van der Waals surface area (Å²) in [6, 6.07) is 13.9. The Kier molecular flexibility index (Phi) is 5.72. The van der Waals surface area contributed by atoms with Crippen LogP contribution in [0.3, 0.4) is 0 Å². The van der Waals surface area contributed by atoms with E-state index < -0.39 is 0 Å². The molecule has 1 aliphatic heterocycles. The normalized spacial score (nSPS) is 15.3. The van der Waals surface area contributed by atoms with Crippen LogP contribution in [0.1, 0.15) is 0 Å². The fourth-order valence-electron chi connectivity index (χ4n) is 2.78. The second kappa shape index (κ2) is 8.17. The quantitative estimate of drug-likeness (QED) is 0.847. The van der Waals surface area contributed by atoms with Crippen molar-refractivity contribution in [2.75, 3.05) is 49.2 Å². The standard InChI is InChI=1S/C18H22N4OS/c1-24-16-6-4-5-15(13-16)20-18(23)14-21-9-11-22(12-10-21)17-7-2-3-8-19-17/h2-8,13H,9-12,14H2,1H3,(H,20,23). The maximum Gasteiger partial charge on any atom is 0.238 e. The first-order chi connectivity index (χ1) is 11.7. The number of rotatable bonds is 5. The number of anilines is 2. The predicted molar refractivity (Wildman–Crippen MR) is 99.7 cm³/mol. The zero-order chi connectivity index (χ0) is 16.8. The maximum absolute atomic E-state index is 12.2. The van der Waals surface area contributed by atoms with Crippen molar-refractivity contribution in [2.24, 2.45) is 0 Å². The number of piperazine rings is 1. The van der Waals surface area contributed by atoms with Crippen LogP contribution >= 0.6 is 11.8 Å². The number of benzene rings is 1. The van der Waals surface area contributed by atoms with Crippen molar-refractivity contribution in [2.45, 2.75) is 4.90 Å². The lowest BCUT2D eigenvalue weighted by Crippen LogP contribution is -2.48. The molecule has 0 atom stereocenters. The van der Waals surface area contributed by atoms with E-state index in [9.17, 15) is 4.79 Å². The highest BCUT2D eigenvalue weighted by Gasteiger charge is 2.19. The molecule has 0 radical (unpaired) electrons. The second-order valence-corrected chi connectivity index (χ2v) is 6.61. The van der Waals surface area contributed by atoms with Crippen molar-refractivity contribution in [1.29, 1.82) is 0 Å². The van der Waals surface area contributed by atoms with E-state index in [1.807, 2.05) is 54.9 Å². The molecule has 1 N–H and O–H groups in total. The number of aromatic nitrogens is 1. The van der Waals surface area contributed by atoms with Gasteiger partial charge in [-0.2, -0.15) is 0 Å². The summed E-state index contributed by atoms with van der Waals surface area (Å²) < 4.78 is 0. The monoisotopic (exact) mass is 342 g/mol. The third-order valence-electron chi connectivity index (χ3n) is 4.07. The molecule has 2 heterocycles. The van der Waals surface area contributed by atoms with E-state index >= 15 is 0 Å². The zero-order valence-corrected chi connectivity index (χ0v) is 14.6. The van der Waals surface area contributed by atoms with Gasteiger partial charge in [0.1, 0.15) is 5.82 Å². The summed E-state index contributed by atoms with van der Waals surface area (Å²) in [5, 5.41) is 2.99. The lowest BCUT2D eigenvalue weighted by atomic mass is 10.3. The topological polar surface area (TPSA) is 48.5 Å². The number of carbonyl (C=O) groups is 1. The molecule has 1 saturated heterocycles. The van der Waals surface area contributed by atoms with Gasteiger partial charge in [-0.15, -0.1) is 11.8 Å². The highest BCUT2D eigenvalue weighted by Crippen LogP contribution is 2.19. The Morgan fingerprint density at radius 2 is 2.00 bits per heavy atom. The summed E-state index contributed by atoms with van der Waals surface area (Å²) in [7, 11) is 0. The molecule has 0 bridgehead atoms. The third-order valence-corrected chi connectivity index (χ3v) is 4.79. The molecule has 0 aliphatic carbocycles. The van der Waals surface area contributed by atoms with Crippen LogP contribution < -0.4 is 10.2 Å². The summed E-state index contributed by atoms with van der Waals surface area (Å²) in [6.45, 7) is 3.96. The van der Waals surface area contributed by atoms with Gasteiger partial charge in [-0.05, 0) is 36.6 Å². The molecule has 2 aromatic rings. The molecular formula is C18H22N4OS. The SMILES string of the molecule is CSc1cccc(NC(=O)CN2CCN(c3ccccn3)CC2)c1. The van der Waals surface area contributed by atoms with Crippen molar-refractivity contribution in [1.82, 2.24) is 9.88 Å². The number of amides is 1. The van der Waals surface area contributed by atoms with Crippen LogP contribution in [-0.4, -0.2) is 54.8 Å². The molecule has 1 amide bonds. The number of nitrogens with one attached hydrogen (secondary N) is 1. The van der Waals surface area contributed by atoms with Crippen molar-refractivity contribution < 1.29 is 4.79 Å². The number of thioether (sulfide) groups is 1. The smallest absolute Gasteiger partial charge is 0.238 e. The highest BCUT2D eigenvalue weighted by molar-refractivity contribution is 7.98. The van der Waals surface area contributed by atoms with E-state index in [0.29, 0.717) is 6.54 Å². The van der Waals surface area contributed by atoms with Crippen LogP contribution in [0.4, 0.5) is 11.5 Å². The second-order valence-electron chi connectivity index (χ2n) is 5.73. The molecule has 6 heteroatoms. The molecule has 24 heavy (non-hydrogen) atoms. The number of pyridine rings is 1. The zero-order valence-electron chi connectivity index (χ0n) is 13.8. The Morgan fingerprint density at radius 3 is 2.71 bits per heavy atom. The Bertz CT molecular complexity index is 672. The van der Waals surface area contributed by atoms with Crippen molar-refractivity contribution in [3.63, 3.8) is 0 Å². The maximum atomic E-state index is 12.2. The Labute approximate surface area is 147 Å². The van der Waals surface area contributed by atoms with Crippen LogP contribution in [0.25, 0.3) is 0 Å². The van der Waals surface area contributed by atoms with Gasteiger partial charge in [-0.1, -0.05) is 12.1 Å². The third kappa shape index (κ3) is 4.49. The van der Waals surface area contributed by atoms with E-state index in [1.165, 1.54) is 0 Å². The predicted octanol–water partition coefficient (Wildman–Crippen LogP) is 2.56. The fourth-order valence-corrected chi connectivity index (χ4v) is 3.24. The van der Waals surface area contributed by atoms with Crippen LogP contribution in [0, 0.1) is 0 Å². The molecule has 0 unspecified atom stereocenters. The van der Waals surface area contributed by atoms with Gasteiger partial charge in [0.15, 0.2) is 0 Å². The van der Waals surface area contributed by atoms with E-state index in [2.05, 4.69) is 20.1 Å². The minimum Gasteiger partial charge on any atom is -0.354 e. The first-order valence-corrected chi connectivity index (χ1v) is 9.29.